The van der Waals surface area contributed by atoms with E-state index in [1.807, 2.05) is 0 Å². The first kappa shape index (κ1) is 15.0. The highest BCUT2D eigenvalue weighted by molar-refractivity contribution is 7.99. The Balaban J connectivity index is 2.34. The maximum Gasteiger partial charge on any atom is 0.339 e. The Hall–Kier alpha value is -1.08. The molecule has 0 aliphatic rings. The zero-order valence-electron chi connectivity index (χ0n) is 11.0. The van der Waals surface area contributed by atoms with Crippen LogP contribution in [-0.2, 0) is 7.05 Å². The van der Waals surface area contributed by atoms with Crippen LogP contribution in [0.2, 0.25) is 0 Å². The lowest BCUT2D eigenvalue weighted by Crippen LogP contribution is -2.33. The minimum absolute atomic E-state index is 0.545. The number of H-pyrrole nitrogens is 1. The quantitative estimate of drug-likeness (QED) is 0.421. The molecular formula is C11H20N4O2S. The number of hydrogen-bond donors (Lipinski definition) is 2. The van der Waals surface area contributed by atoms with Gasteiger partial charge in [0.05, 0.1) is 0 Å². The van der Waals surface area contributed by atoms with Crippen molar-refractivity contribution in [2.24, 2.45) is 13.0 Å². The first-order valence-corrected chi connectivity index (χ1v) is 7.00. The number of rotatable bonds is 7. The standard InChI is InChI=1S/C11H20N4O2S/c1-8(2)7-12-5-4-6-18-11-13-9(16)10(17)14-15(11)3/h8,12H,4-7H2,1-3H3,(H,14,17). The van der Waals surface area contributed by atoms with Crippen LogP contribution in [0.25, 0.3) is 0 Å². The third-order valence-electron chi connectivity index (χ3n) is 2.23. The Bertz CT molecular complexity index is 481. The SMILES string of the molecule is CC(C)CNCCCSc1nc(=O)c(=O)[nH]n1C. The summed E-state index contributed by atoms with van der Waals surface area (Å²) in [5, 5.41) is 6.31. The van der Waals surface area contributed by atoms with Crippen molar-refractivity contribution in [1.29, 1.82) is 0 Å². The zero-order valence-corrected chi connectivity index (χ0v) is 11.8. The molecule has 6 nitrogen and oxygen atoms in total. The van der Waals surface area contributed by atoms with E-state index in [-0.39, 0.29) is 0 Å². The van der Waals surface area contributed by atoms with Crippen molar-refractivity contribution < 1.29 is 0 Å². The fourth-order valence-electron chi connectivity index (χ4n) is 1.34. The molecule has 1 heterocycles. The molecule has 0 saturated heterocycles. The highest BCUT2D eigenvalue weighted by atomic mass is 32.2. The minimum Gasteiger partial charge on any atom is -0.316 e. The van der Waals surface area contributed by atoms with E-state index < -0.39 is 11.1 Å². The molecule has 0 bridgehead atoms. The molecule has 0 atom stereocenters. The van der Waals surface area contributed by atoms with Crippen molar-refractivity contribution >= 4 is 11.8 Å². The number of aryl methyl sites for hydroxylation is 1. The lowest BCUT2D eigenvalue weighted by molar-refractivity contribution is 0.551. The van der Waals surface area contributed by atoms with Gasteiger partial charge < -0.3 is 5.32 Å². The summed E-state index contributed by atoms with van der Waals surface area (Å²) in [6.07, 6.45) is 0.992. The molecule has 0 aliphatic carbocycles. The van der Waals surface area contributed by atoms with Crippen LogP contribution in [0.15, 0.2) is 14.7 Å². The van der Waals surface area contributed by atoms with E-state index >= 15 is 0 Å². The number of aromatic amines is 1. The topological polar surface area (TPSA) is 79.8 Å². The van der Waals surface area contributed by atoms with Crippen LogP contribution >= 0.6 is 11.8 Å². The molecule has 18 heavy (non-hydrogen) atoms. The second-order valence-corrected chi connectivity index (χ2v) is 5.56. The van der Waals surface area contributed by atoms with Crippen molar-refractivity contribution in [1.82, 2.24) is 20.1 Å². The fourth-order valence-corrected chi connectivity index (χ4v) is 2.20. The summed E-state index contributed by atoms with van der Waals surface area (Å²) >= 11 is 1.47. The number of nitrogens with zero attached hydrogens (tertiary/aromatic N) is 2. The average molecular weight is 272 g/mol. The summed E-state index contributed by atoms with van der Waals surface area (Å²) in [7, 11) is 1.67. The fraction of sp³-hybridized carbons (Fsp3) is 0.727. The molecule has 1 rings (SSSR count). The predicted molar refractivity (Wildman–Crippen MR) is 73.1 cm³/mol. The summed E-state index contributed by atoms with van der Waals surface area (Å²) in [5.41, 5.74) is -1.41. The van der Waals surface area contributed by atoms with E-state index in [0.717, 1.165) is 25.3 Å². The van der Waals surface area contributed by atoms with E-state index in [9.17, 15) is 9.59 Å². The number of thioether (sulfide) groups is 1. The van der Waals surface area contributed by atoms with Gasteiger partial charge in [0.15, 0.2) is 5.16 Å². The average Bonchev–Trinajstić information content (AvgIpc) is 2.29. The Labute approximate surface area is 110 Å². The van der Waals surface area contributed by atoms with Crippen LogP contribution in [0.4, 0.5) is 0 Å². The van der Waals surface area contributed by atoms with Crippen LogP contribution in [0.3, 0.4) is 0 Å². The van der Waals surface area contributed by atoms with Gasteiger partial charge >= 0.3 is 11.1 Å². The maximum absolute atomic E-state index is 11.1. The van der Waals surface area contributed by atoms with Gasteiger partial charge in [-0.15, -0.1) is 0 Å². The highest BCUT2D eigenvalue weighted by Gasteiger charge is 2.03. The summed E-state index contributed by atoms with van der Waals surface area (Å²) in [5.74, 6) is 1.51. The molecule has 0 aliphatic heterocycles. The normalized spacial score (nSPS) is 11.1. The second kappa shape index (κ2) is 7.38. The molecule has 0 radical (unpaired) electrons. The summed E-state index contributed by atoms with van der Waals surface area (Å²) in [6.45, 7) is 6.30. The minimum atomic E-state index is -0.728. The van der Waals surface area contributed by atoms with Gasteiger partial charge in [-0.05, 0) is 25.4 Å². The molecule has 0 saturated carbocycles. The number of aromatic nitrogens is 3. The van der Waals surface area contributed by atoms with E-state index in [1.165, 1.54) is 16.4 Å². The van der Waals surface area contributed by atoms with Gasteiger partial charge in [-0.25, -0.2) is 0 Å². The highest BCUT2D eigenvalue weighted by Crippen LogP contribution is 2.11. The van der Waals surface area contributed by atoms with Crippen molar-refractivity contribution in [2.75, 3.05) is 18.8 Å². The first-order valence-electron chi connectivity index (χ1n) is 6.01. The molecule has 0 fully saturated rings. The van der Waals surface area contributed by atoms with Crippen molar-refractivity contribution in [3.63, 3.8) is 0 Å². The molecule has 0 amide bonds. The van der Waals surface area contributed by atoms with Crippen LogP contribution < -0.4 is 16.4 Å². The predicted octanol–water partition coefficient (Wildman–Crippen LogP) is 0.196. The molecule has 1 aromatic heterocycles. The number of nitrogens with one attached hydrogen (secondary N) is 2. The van der Waals surface area contributed by atoms with Gasteiger partial charge in [0, 0.05) is 12.8 Å². The van der Waals surface area contributed by atoms with Gasteiger partial charge in [0.25, 0.3) is 0 Å². The second-order valence-electron chi connectivity index (χ2n) is 4.50. The first-order chi connectivity index (χ1) is 8.50. The Morgan fingerprint density at radius 1 is 1.44 bits per heavy atom. The lowest BCUT2D eigenvalue weighted by atomic mass is 10.2. The summed E-state index contributed by atoms with van der Waals surface area (Å²) in [4.78, 5) is 25.8. The van der Waals surface area contributed by atoms with Crippen molar-refractivity contribution in [3.8, 4) is 0 Å². The van der Waals surface area contributed by atoms with E-state index in [2.05, 4.69) is 29.2 Å². The van der Waals surface area contributed by atoms with Gasteiger partial charge in [-0.2, -0.15) is 4.98 Å². The Kier molecular flexibility index (Phi) is 6.14. The van der Waals surface area contributed by atoms with Crippen LogP contribution in [0.5, 0.6) is 0 Å². The summed E-state index contributed by atoms with van der Waals surface area (Å²) in [6, 6.07) is 0. The molecule has 0 spiro atoms. The van der Waals surface area contributed by atoms with Gasteiger partial charge in [0.2, 0.25) is 0 Å². The van der Waals surface area contributed by atoms with Gasteiger partial charge in [0.1, 0.15) is 0 Å². The zero-order chi connectivity index (χ0) is 13.5. The third-order valence-corrected chi connectivity index (χ3v) is 3.35. The van der Waals surface area contributed by atoms with Crippen LogP contribution in [-0.4, -0.2) is 33.6 Å². The van der Waals surface area contributed by atoms with Gasteiger partial charge in [-0.1, -0.05) is 25.6 Å². The van der Waals surface area contributed by atoms with E-state index in [1.54, 1.807) is 7.05 Å². The molecule has 0 unspecified atom stereocenters. The third kappa shape index (κ3) is 5.05. The monoisotopic (exact) mass is 272 g/mol. The van der Waals surface area contributed by atoms with Crippen LogP contribution in [0.1, 0.15) is 20.3 Å². The molecular weight excluding hydrogens is 252 g/mol. The lowest BCUT2D eigenvalue weighted by Gasteiger charge is -2.08. The Morgan fingerprint density at radius 3 is 2.83 bits per heavy atom. The van der Waals surface area contributed by atoms with Gasteiger partial charge in [-0.3, -0.25) is 19.4 Å². The molecule has 2 N–H and O–H groups in total. The van der Waals surface area contributed by atoms with Crippen molar-refractivity contribution in [3.05, 3.63) is 20.7 Å². The molecule has 7 heteroatoms. The van der Waals surface area contributed by atoms with Crippen LogP contribution in [0, 0.1) is 5.92 Å². The van der Waals surface area contributed by atoms with Crippen molar-refractivity contribution in [2.45, 2.75) is 25.4 Å². The molecule has 102 valence electrons. The van der Waals surface area contributed by atoms with E-state index in [4.69, 9.17) is 0 Å². The Morgan fingerprint density at radius 2 is 2.17 bits per heavy atom. The molecule has 1 aromatic rings. The number of hydrogen-bond acceptors (Lipinski definition) is 5. The summed E-state index contributed by atoms with van der Waals surface area (Å²) < 4.78 is 1.48. The maximum atomic E-state index is 11.1. The van der Waals surface area contributed by atoms with E-state index in [0.29, 0.717) is 11.1 Å². The largest absolute Gasteiger partial charge is 0.339 e. The smallest absolute Gasteiger partial charge is 0.316 e. The molecule has 0 aromatic carbocycles.